The SMILES string of the molecule is O=C1C[C@@H](C(=O)[O-])[C@H](c2ccccc2)O1. The van der Waals surface area contributed by atoms with E-state index in [0.717, 1.165) is 0 Å². The molecule has 4 nitrogen and oxygen atoms in total. The van der Waals surface area contributed by atoms with Crippen LogP contribution in [-0.4, -0.2) is 11.9 Å². The van der Waals surface area contributed by atoms with Crippen LogP contribution >= 0.6 is 0 Å². The van der Waals surface area contributed by atoms with Gasteiger partial charge >= 0.3 is 5.97 Å². The average molecular weight is 205 g/mol. The van der Waals surface area contributed by atoms with Gasteiger partial charge in [0.05, 0.1) is 12.3 Å². The Morgan fingerprint density at radius 1 is 1.33 bits per heavy atom. The third-order valence-electron chi connectivity index (χ3n) is 2.44. The molecule has 1 aromatic carbocycles. The first-order valence-electron chi connectivity index (χ1n) is 4.64. The van der Waals surface area contributed by atoms with Crippen molar-refractivity contribution in [3.05, 3.63) is 35.9 Å². The quantitative estimate of drug-likeness (QED) is 0.639. The van der Waals surface area contributed by atoms with Gasteiger partial charge < -0.3 is 14.6 Å². The zero-order valence-electron chi connectivity index (χ0n) is 7.88. The van der Waals surface area contributed by atoms with Gasteiger partial charge in [-0.15, -0.1) is 0 Å². The molecule has 1 aliphatic heterocycles. The van der Waals surface area contributed by atoms with Gasteiger partial charge in [-0.25, -0.2) is 0 Å². The molecular weight excluding hydrogens is 196 g/mol. The van der Waals surface area contributed by atoms with E-state index >= 15 is 0 Å². The highest BCUT2D eigenvalue weighted by Crippen LogP contribution is 2.34. The molecule has 1 aliphatic rings. The Kier molecular flexibility index (Phi) is 2.41. The fraction of sp³-hybridized carbons (Fsp3) is 0.273. The molecule has 2 rings (SSSR count). The number of aliphatic carboxylic acids is 1. The maximum absolute atomic E-state index is 11.0. The number of cyclic esters (lactones) is 1. The van der Waals surface area contributed by atoms with Crippen LogP contribution in [0.4, 0.5) is 0 Å². The third kappa shape index (κ3) is 1.83. The highest BCUT2D eigenvalue weighted by atomic mass is 16.6. The van der Waals surface area contributed by atoms with Gasteiger partial charge in [0, 0.05) is 5.97 Å². The van der Waals surface area contributed by atoms with Crippen molar-refractivity contribution in [1.29, 1.82) is 0 Å². The number of carbonyl (C=O) groups excluding carboxylic acids is 2. The van der Waals surface area contributed by atoms with Gasteiger partial charge in [-0.2, -0.15) is 0 Å². The number of ether oxygens (including phenoxy) is 1. The van der Waals surface area contributed by atoms with Gasteiger partial charge in [0.2, 0.25) is 0 Å². The fourth-order valence-corrected chi connectivity index (χ4v) is 1.71. The topological polar surface area (TPSA) is 66.4 Å². The van der Waals surface area contributed by atoms with Crippen molar-refractivity contribution in [3.63, 3.8) is 0 Å². The molecule has 0 aliphatic carbocycles. The highest BCUT2D eigenvalue weighted by Gasteiger charge is 2.36. The number of hydrogen-bond donors (Lipinski definition) is 0. The minimum absolute atomic E-state index is 0.109. The van der Waals surface area contributed by atoms with E-state index in [1.807, 2.05) is 6.07 Å². The van der Waals surface area contributed by atoms with Crippen LogP contribution in [0.1, 0.15) is 18.1 Å². The van der Waals surface area contributed by atoms with E-state index in [9.17, 15) is 14.7 Å². The summed E-state index contributed by atoms with van der Waals surface area (Å²) < 4.78 is 4.96. The van der Waals surface area contributed by atoms with Crippen LogP contribution in [0.5, 0.6) is 0 Å². The smallest absolute Gasteiger partial charge is 0.307 e. The first-order chi connectivity index (χ1) is 7.18. The maximum Gasteiger partial charge on any atom is 0.307 e. The molecule has 78 valence electrons. The molecule has 0 radical (unpaired) electrons. The molecular formula is C11H9O4-. The molecule has 1 aromatic rings. The van der Waals surface area contributed by atoms with E-state index < -0.39 is 24.0 Å². The van der Waals surface area contributed by atoms with E-state index in [2.05, 4.69) is 0 Å². The first-order valence-corrected chi connectivity index (χ1v) is 4.64. The van der Waals surface area contributed by atoms with E-state index in [0.29, 0.717) is 5.56 Å². The number of benzene rings is 1. The van der Waals surface area contributed by atoms with E-state index in [1.165, 1.54) is 0 Å². The van der Waals surface area contributed by atoms with E-state index in [4.69, 9.17) is 4.74 Å². The predicted octanol–water partition coefficient (Wildman–Crippen LogP) is 0.0407. The van der Waals surface area contributed by atoms with Crippen molar-refractivity contribution < 1.29 is 19.4 Å². The fourth-order valence-electron chi connectivity index (χ4n) is 1.71. The summed E-state index contributed by atoms with van der Waals surface area (Å²) in [5, 5.41) is 10.8. The minimum Gasteiger partial charge on any atom is -0.550 e. The van der Waals surface area contributed by atoms with Gasteiger partial charge in [0.15, 0.2) is 0 Å². The van der Waals surface area contributed by atoms with Crippen LogP contribution in [0.25, 0.3) is 0 Å². The molecule has 0 aromatic heterocycles. The van der Waals surface area contributed by atoms with Gasteiger partial charge in [-0.3, -0.25) is 4.79 Å². The van der Waals surface area contributed by atoms with Crippen LogP contribution in [0.3, 0.4) is 0 Å². The largest absolute Gasteiger partial charge is 0.550 e. The Morgan fingerprint density at radius 2 is 2.00 bits per heavy atom. The summed E-state index contributed by atoms with van der Waals surface area (Å²) >= 11 is 0. The Labute approximate surface area is 86.5 Å². The molecule has 0 unspecified atom stereocenters. The Balaban J connectivity index is 2.28. The summed E-state index contributed by atoms with van der Waals surface area (Å²) in [6, 6.07) is 8.83. The summed E-state index contributed by atoms with van der Waals surface area (Å²) in [6.45, 7) is 0. The first kappa shape index (κ1) is 9.71. The zero-order chi connectivity index (χ0) is 10.8. The zero-order valence-corrected chi connectivity index (χ0v) is 7.88. The Hall–Kier alpha value is -1.84. The third-order valence-corrected chi connectivity index (χ3v) is 2.44. The molecule has 2 atom stereocenters. The second-order valence-electron chi connectivity index (χ2n) is 3.45. The summed E-state index contributed by atoms with van der Waals surface area (Å²) in [5.74, 6) is -2.60. The molecule has 1 heterocycles. The molecule has 0 amide bonds. The summed E-state index contributed by atoms with van der Waals surface area (Å²) in [6.07, 6.45) is -0.814. The van der Waals surface area contributed by atoms with E-state index in [1.54, 1.807) is 24.3 Å². The minimum atomic E-state index is -1.24. The molecule has 0 bridgehead atoms. The lowest BCUT2D eigenvalue weighted by Gasteiger charge is -2.18. The molecule has 0 saturated carbocycles. The maximum atomic E-state index is 11.0. The van der Waals surface area contributed by atoms with E-state index in [-0.39, 0.29) is 6.42 Å². The van der Waals surface area contributed by atoms with Crippen LogP contribution in [0.2, 0.25) is 0 Å². The average Bonchev–Trinajstić information content (AvgIpc) is 2.62. The summed E-state index contributed by atoms with van der Waals surface area (Å²) in [5.41, 5.74) is 0.692. The van der Waals surface area contributed by atoms with Crippen molar-refractivity contribution in [3.8, 4) is 0 Å². The normalized spacial score (nSPS) is 24.9. The van der Waals surface area contributed by atoms with Crippen molar-refractivity contribution in [2.24, 2.45) is 5.92 Å². The molecule has 0 N–H and O–H groups in total. The highest BCUT2D eigenvalue weighted by molar-refractivity contribution is 5.81. The van der Waals surface area contributed by atoms with Gasteiger partial charge in [-0.05, 0) is 5.56 Å². The van der Waals surface area contributed by atoms with Crippen molar-refractivity contribution in [2.45, 2.75) is 12.5 Å². The van der Waals surface area contributed by atoms with Crippen LogP contribution < -0.4 is 5.11 Å². The lowest BCUT2D eigenvalue weighted by atomic mass is 9.95. The lowest BCUT2D eigenvalue weighted by Crippen LogP contribution is -2.32. The van der Waals surface area contributed by atoms with Gasteiger partial charge in [-0.1, -0.05) is 30.3 Å². The van der Waals surface area contributed by atoms with Crippen LogP contribution in [0, 0.1) is 5.92 Å². The number of hydrogen-bond acceptors (Lipinski definition) is 4. The number of carbonyl (C=O) groups is 2. The molecule has 0 spiro atoms. The predicted molar refractivity (Wildman–Crippen MR) is 48.4 cm³/mol. The molecule has 15 heavy (non-hydrogen) atoms. The number of rotatable bonds is 2. The number of carboxylic acid groups (broad SMARTS) is 1. The standard InChI is InChI=1S/C11H10O4/c12-9-6-8(11(13)14)10(15-9)7-4-2-1-3-5-7/h1-5,8,10H,6H2,(H,13,14)/p-1/t8-,10+/m1/s1. The van der Waals surface area contributed by atoms with Gasteiger partial charge in [0.25, 0.3) is 0 Å². The van der Waals surface area contributed by atoms with Crippen molar-refractivity contribution >= 4 is 11.9 Å². The second kappa shape index (κ2) is 3.73. The molecule has 4 heteroatoms. The van der Waals surface area contributed by atoms with Crippen molar-refractivity contribution in [1.82, 2.24) is 0 Å². The number of carboxylic acids is 1. The monoisotopic (exact) mass is 205 g/mol. The number of esters is 1. The summed E-state index contributed by atoms with van der Waals surface area (Å²) in [4.78, 5) is 21.8. The summed E-state index contributed by atoms with van der Waals surface area (Å²) in [7, 11) is 0. The lowest BCUT2D eigenvalue weighted by molar-refractivity contribution is -0.312. The Morgan fingerprint density at radius 3 is 2.60 bits per heavy atom. The molecule has 1 fully saturated rings. The van der Waals surface area contributed by atoms with Crippen LogP contribution in [-0.2, 0) is 14.3 Å². The molecule has 1 saturated heterocycles. The van der Waals surface area contributed by atoms with Crippen LogP contribution in [0.15, 0.2) is 30.3 Å². The second-order valence-corrected chi connectivity index (χ2v) is 3.45. The Bertz CT molecular complexity index is 385. The van der Waals surface area contributed by atoms with Gasteiger partial charge in [0.1, 0.15) is 6.10 Å². The van der Waals surface area contributed by atoms with Crippen molar-refractivity contribution in [2.75, 3.05) is 0 Å².